The summed E-state index contributed by atoms with van der Waals surface area (Å²) in [5.41, 5.74) is 1.90. The van der Waals surface area contributed by atoms with Gasteiger partial charge in [-0.25, -0.2) is 9.59 Å². The average Bonchev–Trinajstić information content (AvgIpc) is 3.67. The number of anilines is 3. The van der Waals surface area contributed by atoms with Gasteiger partial charge in [-0.05, 0) is 72.0 Å². The molecule has 1 aliphatic heterocycles. The lowest BCUT2D eigenvalue weighted by molar-refractivity contribution is -0.120. The normalized spacial score (nSPS) is 18.0. The average molecular weight is 824 g/mol. The molecule has 0 bridgehead atoms. The zero-order valence-electron chi connectivity index (χ0n) is 34.1. The minimum Gasteiger partial charge on any atom is -0.497 e. The van der Waals surface area contributed by atoms with Crippen LogP contribution in [0.3, 0.4) is 0 Å². The van der Waals surface area contributed by atoms with Crippen molar-refractivity contribution in [2.24, 2.45) is 5.92 Å². The number of urea groups is 1. The molecule has 8 rings (SSSR count). The molecule has 2 heterocycles. The molecule has 4 N–H and O–H groups in total. The van der Waals surface area contributed by atoms with Crippen LogP contribution in [0, 0.1) is 5.92 Å². The predicted molar refractivity (Wildman–Crippen MR) is 233 cm³/mol. The molecule has 0 unspecified atom stereocenters. The number of ether oxygens (including phenoxy) is 4. The summed E-state index contributed by atoms with van der Waals surface area (Å²) < 4.78 is 25.5. The molecule has 3 amide bonds. The highest BCUT2D eigenvalue weighted by atomic mass is 16.6. The molecule has 5 aromatic carbocycles. The molecule has 1 aromatic heterocycles. The van der Waals surface area contributed by atoms with Gasteiger partial charge in [0.05, 0.1) is 32.6 Å². The highest BCUT2D eigenvalue weighted by Crippen LogP contribution is 2.43. The highest BCUT2D eigenvalue weighted by Gasteiger charge is 2.42. The number of nitrogens with one attached hydrogen (secondary N) is 3. The summed E-state index contributed by atoms with van der Waals surface area (Å²) in [6.07, 6.45) is 4.03. The second-order valence-electron chi connectivity index (χ2n) is 15.4. The van der Waals surface area contributed by atoms with Gasteiger partial charge in [-0.15, -0.1) is 0 Å². The number of hydrogen-bond acceptors (Lipinski definition) is 9. The number of methoxy groups -OCH3 is 2. The minimum absolute atomic E-state index is 0.00139. The Labute approximate surface area is 353 Å². The fraction of sp³-hybridized carbons (Fsp3) is 0.292. The van der Waals surface area contributed by atoms with Crippen molar-refractivity contribution in [3.05, 3.63) is 155 Å². The lowest BCUT2D eigenvalue weighted by Crippen LogP contribution is -2.38. The number of aromatic nitrogens is 2. The van der Waals surface area contributed by atoms with Gasteiger partial charge in [0.15, 0.2) is 0 Å². The molecule has 0 radical (unpaired) electrons. The summed E-state index contributed by atoms with van der Waals surface area (Å²) in [7, 11) is 3.22. The molecule has 2 aliphatic rings. The van der Waals surface area contributed by atoms with Crippen LogP contribution in [0.25, 0.3) is 10.8 Å². The fourth-order valence-electron chi connectivity index (χ4n) is 8.42. The number of hydrogen-bond donors (Lipinski definition) is 4. The van der Waals surface area contributed by atoms with E-state index in [1.54, 1.807) is 20.3 Å². The van der Waals surface area contributed by atoms with Crippen LogP contribution < -0.4 is 31.1 Å². The van der Waals surface area contributed by atoms with E-state index < -0.39 is 35.8 Å². The van der Waals surface area contributed by atoms with E-state index in [-0.39, 0.29) is 30.7 Å². The van der Waals surface area contributed by atoms with Crippen molar-refractivity contribution in [1.82, 2.24) is 9.55 Å². The van der Waals surface area contributed by atoms with Gasteiger partial charge in [0, 0.05) is 35.0 Å². The second kappa shape index (κ2) is 18.4. The quantitative estimate of drug-likeness (QED) is 0.0841. The number of benzene rings is 5. The molecule has 1 saturated heterocycles. The zero-order chi connectivity index (χ0) is 42.3. The third kappa shape index (κ3) is 8.85. The number of carbonyl (C=O) groups excluding carboxylic acids is 2. The summed E-state index contributed by atoms with van der Waals surface area (Å²) in [4.78, 5) is 43.8. The van der Waals surface area contributed by atoms with Crippen molar-refractivity contribution in [2.75, 3.05) is 36.8 Å². The smallest absolute Gasteiger partial charge is 0.351 e. The number of aliphatic hydroxyl groups is 1. The topological polar surface area (TPSA) is 162 Å². The van der Waals surface area contributed by atoms with Crippen molar-refractivity contribution < 1.29 is 33.6 Å². The maximum absolute atomic E-state index is 13.4. The van der Waals surface area contributed by atoms with E-state index in [4.69, 9.17) is 18.9 Å². The van der Waals surface area contributed by atoms with Crippen LogP contribution in [0.4, 0.5) is 22.0 Å². The van der Waals surface area contributed by atoms with Crippen molar-refractivity contribution in [3.8, 4) is 11.5 Å². The standard InChI is InChI=1S/C48H49N5O8/c1-58-35-23-19-33(20-24-35)48(32-13-7-4-8-14-32,34-21-25-36(59-2)26-22-34)60-30-42-41(54)29-44(61-42)53-28-27-43(52-47(53)57)51-46(56)50-40-18-10-15-37-38(40)16-9-17-39(37)49-45(55)31-11-5-3-6-12-31/h4,7-10,13-28,31,41-42,44,54H,3,5-6,11-12,29-30H2,1-2H3,(H,49,55)(H2,50,51,52,56,57)/t41-,42+,44+/m0/s1. The molecule has 2 fully saturated rings. The minimum atomic E-state index is -1.13. The van der Waals surface area contributed by atoms with Crippen molar-refractivity contribution in [1.29, 1.82) is 0 Å². The Hall–Kier alpha value is -6.54. The summed E-state index contributed by atoms with van der Waals surface area (Å²) in [5.74, 6) is 1.43. The third-order valence-electron chi connectivity index (χ3n) is 11.6. The highest BCUT2D eigenvalue weighted by molar-refractivity contribution is 6.10. The van der Waals surface area contributed by atoms with E-state index in [2.05, 4.69) is 20.9 Å². The molecule has 1 saturated carbocycles. The summed E-state index contributed by atoms with van der Waals surface area (Å²) in [6.45, 7) is -0.0326. The Balaban J connectivity index is 0.962. The number of fused-ring (bicyclic) bond motifs is 1. The third-order valence-corrected chi connectivity index (χ3v) is 11.6. The van der Waals surface area contributed by atoms with E-state index in [0.29, 0.717) is 22.9 Å². The molecule has 13 heteroatoms. The van der Waals surface area contributed by atoms with Crippen molar-refractivity contribution in [3.63, 3.8) is 0 Å². The van der Waals surface area contributed by atoms with Crippen molar-refractivity contribution in [2.45, 2.75) is 62.6 Å². The van der Waals surface area contributed by atoms with Gasteiger partial charge in [0.1, 0.15) is 35.2 Å². The SMILES string of the molecule is COc1ccc(C(OC[C@H]2O[C@@H](n3ccc(NC(=O)Nc4cccc5c(NC(=O)C6CCCCC6)cccc45)nc3=O)C[C@@H]2O)(c2ccccc2)c2ccc(OC)cc2)cc1. The van der Waals surface area contributed by atoms with E-state index in [1.807, 2.05) is 109 Å². The molecule has 6 aromatic rings. The summed E-state index contributed by atoms with van der Waals surface area (Å²) >= 11 is 0. The molecule has 61 heavy (non-hydrogen) atoms. The number of carbonyl (C=O) groups is 2. The largest absolute Gasteiger partial charge is 0.497 e. The Morgan fingerprint density at radius 3 is 1.92 bits per heavy atom. The van der Waals surface area contributed by atoms with E-state index in [9.17, 15) is 19.5 Å². The van der Waals surface area contributed by atoms with Crippen LogP contribution >= 0.6 is 0 Å². The van der Waals surface area contributed by atoms with Crippen molar-refractivity contribution >= 4 is 39.9 Å². The molecule has 13 nitrogen and oxygen atoms in total. The lowest BCUT2D eigenvalue weighted by atomic mass is 9.80. The van der Waals surface area contributed by atoms with E-state index >= 15 is 0 Å². The first-order valence-corrected chi connectivity index (χ1v) is 20.6. The molecule has 0 spiro atoms. The van der Waals surface area contributed by atoms with Crippen LogP contribution in [0.1, 0.15) is 61.4 Å². The summed E-state index contributed by atoms with van der Waals surface area (Å²) in [6, 6.07) is 37.0. The fourth-order valence-corrected chi connectivity index (χ4v) is 8.42. The molecule has 1 aliphatic carbocycles. The van der Waals surface area contributed by atoms with E-state index in [1.165, 1.54) is 16.8 Å². The number of amides is 3. The number of rotatable bonds is 13. The monoisotopic (exact) mass is 823 g/mol. The maximum atomic E-state index is 13.4. The Bertz CT molecular complexity index is 2480. The van der Waals surface area contributed by atoms with Gasteiger partial charge >= 0.3 is 11.7 Å². The van der Waals surface area contributed by atoms with E-state index in [0.717, 1.165) is 59.6 Å². The molecular weight excluding hydrogens is 775 g/mol. The maximum Gasteiger partial charge on any atom is 0.351 e. The van der Waals surface area contributed by atoms with Crippen LogP contribution in [-0.4, -0.2) is 59.6 Å². The first-order chi connectivity index (χ1) is 29.7. The molecule has 3 atom stereocenters. The van der Waals surface area contributed by atoms with Crippen LogP contribution in [0.15, 0.2) is 132 Å². The van der Waals surface area contributed by atoms with Crippen LogP contribution in [-0.2, 0) is 19.9 Å². The lowest BCUT2D eigenvalue weighted by Gasteiger charge is -2.37. The van der Waals surface area contributed by atoms with Crippen LogP contribution in [0.2, 0.25) is 0 Å². The van der Waals surface area contributed by atoms with Gasteiger partial charge in [-0.2, -0.15) is 4.98 Å². The zero-order valence-corrected chi connectivity index (χ0v) is 34.1. The number of nitrogens with zero attached hydrogens (tertiary/aromatic N) is 2. The molecule has 314 valence electrons. The predicted octanol–water partition coefficient (Wildman–Crippen LogP) is 8.23. The summed E-state index contributed by atoms with van der Waals surface area (Å²) in [5, 5.41) is 21.4. The number of aliphatic hydroxyl groups excluding tert-OH is 1. The first kappa shape index (κ1) is 41.2. The second-order valence-corrected chi connectivity index (χ2v) is 15.4. The van der Waals surface area contributed by atoms with Gasteiger partial charge in [0.2, 0.25) is 5.91 Å². The molecular formula is C48H49N5O8. The Morgan fingerprint density at radius 2 is 1.33 bits per heavy atom. The van der Waals surface area contributed by atoms with Gasteiger partial charge in [0.25, 0.3) is 0 Å². The van der Waals surface area contributed by atoms with Gasteiger partial charge < -0.3 is 34.7 Å². The van der Waals surface area contributed by atoms with Gasteiger partial charge in [-0.3, -0.25) is 14.7 Å². The Morgan fingerprint density at radius 1 is 0.738 bits per heavy atom. The van der Waals surface area contributed by atoms with Gasteiger partial charge in [-0.1, -0.05) is 98.1 Å². The first-order valence-electron chi connectivity index (χ1n) is 20.6. The Kier molecular flexibility index (Phi) is 12.4. The van der Waals surface area contributed by atoms with Crippen LogP contribution in [0.5, 0.6) is 11.5 Å².